The van der Waals surface area contributed by atoms with E-state index in [1.54, 1.807) is 7.11 Å². The van der Waals surface area contributed by atoms with Gasteiger partial charge in [-0.2, -0.15) is 0 Å². The molecule has 6 nitrogen and oxygen atoms in total. The maximum absolute atomic E-state index is 12.9. The fraction of sp³-hybridized carbons (Fsp3) is 0.391. The summed E-state index contributed by atoms with van der Waals surface area (Å²) in [6, 6.07) is 11.5. The number of ether oxygens (including phenoxy) is 1. The van der Waals surface area contributed by atoms with Gasteiger partial charge in [0.15, 0.2) is 0 Å². The summed E-state index contributed by atoms with van der Waals surface area (Å²) in [6.07, 6.45) is 6.82. The number of aromatic nitrogens is 2. The lowest BCUT2D eigenvalue weighted by Gasteiger charge is -2.36. The van der Waals surface area contributed by atoms with Crippen LogP contribution in [0.2, 0.25) is 0 Å². The predicted octanol–water partition coefficient (Wildman–Crippen LogP) is 4.17. The van der Waals surface area contributed by atoms with Crippen LogP contribution in [0.15, 0.2) is 48.8 Å². The van der Waals surface area contributed by atoms with Crippen LogP contribution in [0.1, 0.15) is 37.7 Å². The van der Waals surface area contributed by atoms with Crippen LogP contribution in [0, 0.1) is 0 Å². The maximum atomic E-state index is 12.9. The number of H-pyrrole nitrogens is 1. The normalized spacial score (nSPS) is 16.6. The van der Waals surface area contributed by atoms with E-state index in [1.807, 2.05) is 36.5 Å². The number of nitrogens with zero attached hydrogens (tertiary/aromatic N) is 2. The molecule has 1 saturated heterocycles. The van der Waals surface area contributed by atoms with E-state index in [2.05, 4.69) is 39.4 Å². The van der Waals surface area contributed by atoms with E-state index < -0.39 is 0 Å². The molecule has 0 bridgehead atoms. The zero-order chi connectivity index (χ0) is 20.2. The first-order chi connectivity index (χ1) is 14.2. The number of rotatable bonds is 6. The predicted molar refractivity (Wildman–Crippen MR) is 115 cm³/mol. The van der Waals surface area contributed by atoms with Crippen LogP contribution in [0.4, 0.5) is 5.69 Å². The van der Waals surface area contributed by atoms with Gasteiger partial charge >= 0.3 is 0 Å². The Kier molecular flexibility index (Phi) is 5.81. The van der Waals surface area contributed by atoms with Crippen molar-refractivity contribution in [1.82, 2.24) is 14.9 Å². The van der Waals surface area contributed by atoms with Gasteiger partial charge in [-0.3, -0.25) is 9.69 Å². The topological polar surface area (TPSA) is 70.2 Å². The van der Waals surface area contributed by atoms with Gasteiger partial charge in [0, 0.05) is 23.5 Å². The average molecular weight is 393 g/mol. The van der Waals surface area contributed by atoms with Gasteiger partial charge in [-0.1, -0.05) is 6.92 Å². The molecule has 0 radical (unpaired) electrons. The van der Waals surface area contributed by atoms with Crippen molar-refractivity contribution in [2.24, 2.45) is 0 Å². The molecule has 1 aliphatic rings. The number of hydrogen-bond acceptors (Lipinski definition) is 4. The Labute approximate surface area is 171 Å². The lowest BCUT2D eigenvalue weighted by Crippen LogP contribution is -2.47. The second-order valence-corrected chi connectivity index (χ2v) is 7.60. The van der Waals surface area contributed by atoms with Gasteiger partial charge in [0.2, 0.25) is 5.91 Å². The van der Waals surface area contributed by atoms with E-state index in [0.29, 0.717) is 5.92 Å². The first kappa shape index (κ1) is 19.5. The molecule has 1 unspecified atom stereocenters. The van der Waals surface area contributed by atoms with Crippen molar-refractivity contribution >= 4 is 22.6 Å². The lowest BCUT2D eigenvalue weighted by molar-refractivity contribution is -0.121. The van der Waals surface area contributed by atoms with E-state index in [0.717, 1.165) is 49.4 Å². The van der Waals surface area contributed by atoms with Crippen molar-refractivity contribution in [1.29, 1.82) is 0 Å². The monoisotopic (exact) mass is 392 g/mol. The van der Waals surface area contributed by atoms with Crippen molar-refractivity contribution in [3.8, 4) is 5.75 Å². The van der Waals surface area contributed by atoms with Crippen LogP contribution in [0.25, 0.3) is 11.0 Å². The standard InChI is InChI=1S/C23H28N4O2/c1-3-21(23(28)26-17-6-8-18(29-2)9-7-17)27-13-10-16(11-14-27)20-15-25-22-19(20)5-4-12-24-22/h4-9,12,15-16,21H,3,10-11,13-14H2,1-2H3,(H,24,25)(H,26,28). The van der Waals surface area contributed by atoms with Crippen molar-refractivity contribution < 1.29 is 9.53 Å². The fourth-order valence-electron chi connectivity index (χ4n) is 4.35. The highest BCUT2D eigenvalue weighted by atomic mass is 16.5. The lowest BCUT2D eigenvalue weighted by atomic mass is 9.88. The van der Waals surface area contributed by atoms with Gasteiger partial charge in [-0.25, -0.2) is 4.98 Å². The van der Waals surface area contributed by atoms with Crippen molar-refractivity contribution in [3.63, 3.8) is 0 Å². The quantitative estimate of drug-likeness (QED) is 0.661. The number of benzene rings is 1. The molecule has 3 heterocycles. The average Bonchev–Trinajstić information content (AvgIpc) is 3.19. The molecule has 2 aromatic heterocycles. The molecule has 29 heavy (non-hydrogen) atoms. The second-order valence-electron chi connectivity index (χ2n) is 7.60. The number of fused-ring (bicyclic) bond motifs is 1. The van der Waals surface area contributed by atoms with Crippen LogP contribution >= 0.6 is 0 Å². The third-order valence-electron chi connectivity index (χ3n) is 5.94. The van der Waals surface area contributed by atoms with Crippen LogP contribution in [0.5, 0.6) is 5.75 Å². The number of aromatic amines is 1. The summed E-state index contributed by atoms with van der Waals surface area (Å²) < 4.78 is 5.18. The molecule has 1 amide bonds. The van der Waals surface area contributed by atoms with Crippen molar-refractivity contribution in [2.45, 2.75) is 38.1 Å². The molecular formula is C23H28N4O2. The van der Waals surface area contributed by atoms with Gasteiger partial charge in [-0.15, -0.1) is 0 Å². The molecule has 1 atom stereocenters. The molecule has 3 aromatic rings. The first-order valence-corrected chi connectivity index (χ1v) is 10.3. The first-order valence-electron chi connectivity index (χ1n) is 10.3. The van der Waals surface area contributed by atoms with Gasteiger partial charge in [0.25, 0.3) is 0 Å². The molecule has 152 valence electrons. The Bertz CT molecular complexity index is 958. The zero-order valence-corrected chi connectivity index (χ0v) is 17.0. The number of carbonyl (C=O) groups is 1. The molecule has 6 heteroatoms. The third-order valence-corrected chi connectivity index (χ3v) is 5.94. The number of likely N-dealkylation sites (tertiary alicyclic amines) is 1. The minimum absolute atomic E-state index is 0.0624. The zero-order valence-electron chi connectivity index (χ0n) is 17.0. The van der Waals surface area contributed by atoms with E-state index in [-0.39, 0.29) is 11.9 Å². The number of anilines is 1. The molecule has 0 aliphatic carbocycles. The summed E-state index contributed by atoms with van der Waals surface area (Å²) in [4.78, 5) is 22.9. The van der Waals surface area contributed by atoms with Crippen molar-refractivity contribution in [2.75, 3.05) is 25.5 Å². The van der Waals surface area contributed by atoms with Gasteiger partial charge < -0.3 is 15.0 Å². The van der Waals surface area contributed by atoms with E-state index in [1.165, 1.54) is 10.9 Å². The Balaban J connectivity index is 1.38. The summed E-state index contributed by atoms with van der Waals surface area (Å²) in [6.45, 7) is 3.92. The minimum Gasteiger partial charge on any atom is -0.497 e. The highest BCUT2D eigenvalue weighted by Crippen LogP contribution is 2.33. The van der Waals surface area contributed by atoms with Crippen LogP contribution in [-0.4, -0.2) is 47.0 Å². The smallest absolute Gasteiger partial charge is 0.241 e. The third kappa shape index (κ3) is 4.12. The second kappa shape index (κ2) is 8.66. The van der Waals surface area contributed by atoms with E-state index in [9.17, 15) is 4.79 Å². The highest BCUT2D eigenvalue weighted by Gasteiger charge is 2.30. The number of piperidine rings is 1. The summed E-state index contributed by atoms with van der Waals surface area (Å²) in [5.74, 6) is 1.35. The van der Waals surface area contributed by atoms with Gasteiger partial charge in [-0.05, 0) is 80.2 Å². The van der Waals surface area contributed by atoms with E-state index >= 15 is 0 Å². The molecule has 1 aliphatic heterocycles. The Hall–Kier alpha value is -2.86. The van der Waals surface area contributed by atoms with Gasteiger partial charge in [0.1, 0.15) is 11.4 Å². The summed E-state index contributed by atoms with van der Waals surface area (Å²) in [5.41, 5.74) is 3.11. The summed E-state index contributed by atoms with van der Waals surface area (Å²) in [7, 11) is 1.64. The van der Waals surface area contributed by atoms with Crippen LogP contribution in [0.3, 0.4) is 0 Å². The Morgan fingerprint density at radius 3 is 2.72 bits per heavy atom. The number of nitrogens with one attached hydrogen (secondary N) is 2. The molecule has 0 spiro atoms. The highest BCUT2D eigenvalue weighted by molar-refractivity contribution is 5.94. The number of hydrogen-bond donors (Lipinski definition) is 2. The molecule has 1 aromatic carbocycles. The fourth-order valence-corrected chi connectivity index (χ4v) is 4.35. The van der Waals surface area contributed by atoms with Gasteiger partial charge in [0.05, 0.1) is 13.2 Å². The molecule has 0 saturated carbocycles. The SMILES string of the molecule is CCC(C(=O)Nc1ccc(OC)cc1)N1CCC(c2c[nH]c3ncccc23)CC1. The summed E-state index contributed by atoms with van der Waals surface area (Å²) >= 11 is 0. The molecule has 1 fully saturated rings. The van der Waals surface area contributed by atoms with Crippen molar-refractivity contribution in [3.05, 3.63) is 54.4 Å². The molecular weight excluding hydrogens is 364 g/mol. The van der Waals surface area contributed by atoms with Crippen LogP contribution in [-0.2, 0) is 4.79 Å². The maximum Gasteiger partial charge on any atom is 0.241 e. The van der Waals surface area contributed by atoms with Crippen LogP contribution < -0.4 is 10.1 Å². The number of methoxy groups -OCH3 is 1. The summed E-state index contributed by atoms with van der Waals surface area (Å²) in [5, 5.41) is 4.27. The molecule has 4 rings (SSSR count). The largest absolute Gasteiger partial charge is 0.497 e. The molecule has 2 N–H and O–H groups in total. The number of pyridine rings is 1. The minimum atomic E-state index is -0.109. The van der Waals surface area contributed by atoms with E-state index in [4.69, 9.17) is 4.74 Å². The Morgan fingerprint density at radius 2 is 2.03 bits per heavy atom. The number of carbonyl (C=O) groups excluding carboxylic acids is 1. The Morgan fingerprint density at radius 1 is 1.28 bits per heavy atom. The number of amides is 1.